The molecule has 1 aromatic carbocycles. The molecule has 98 valence electrons. The van der Waals surface area contributed by atoms with E-state index < -0.39 is 0 Å². The predicted octanol–water partition coefficient (Wildman–Crippen LogP) is 3.35. The zero-order chi connectivity index (χ0) is 13.1. The minimum atomic E-state index is 0.0257. The van der Waals surface area contributed by atoms with Crippen molar-refractivity contribution >= 4 is 33.4 Å². The fraction of sp³-hybridized carbons (Fsp3) is 0.462. The number of halogens is 2. The summed E-state index contributed by atoms with van der Waals surface area (Å²) in [6, 6.07) is 5.65. The normalized spacial score (nSPS) is 14.6. The summed E-state index contributed by atoms with van der Waals surface area (Å²) in [6.07, 6.45) is 2.16. The van der Waals surface area contributed by atoms with Crippen LogP contribution in [0.2, 0.25) is 5.02 Å². The molecule has 1 fully saturated rings. The maximum Gasteiger partial charge on any atom is 0.254 e. The van der Waals surface area contributed by atoms with E-state index in [1.165, 1.54) is 0 Å². The van der Waals surface area contributed by atoms with Crippen LogP contribution in [0.1, 0.15) is 23.2 Å². The quantitative estimate of drug-likeness (QED) is 0.827. The molecule has 1 aliphatic rings. The molecule has 1 saturated carbocycles. The number of benzene rings is 1. The molecule has 0 heterocycles. The van der Waals surface area contributed by atoms with Crippen molar-refractivity contribution in [2.24, 2.45) is 0 Å². The van der Waals surface area contributed by atoms with Crippen LogP contribution in [0.4, 0.5) is 0 Å². The summed E-state index contributed by atoms with van der Waals surface area (Å²) in [5.74, 6) is 0.0257. The summed E-state index contributed by atoms with van der Waals surface area (Å²) in [6.45, 7) is 1.19. The first-order chi connectivity index (χ1) is 8.61. The number of hydrogen-bond acceptors (Lipinski definition) is 2. The molecule has 0 spiro atoms. The molecule has 0 unspecified atom stereocenters. The van der Waals surface area contributed by atoms with Crippen LogP contribution >= 0.6 is 27.5 Å². The summed E-state index contributed by atoms with van der Waals surface area (Å²) in [4.78, 5) is 14.3. The van der Waals surface area contributed by atoms with E-state index in [-0.39, 0.29) is 5.91 Å². The van der Waals surface area contributed by atoms with Gasteiger partial charge in [-0.1, -0.05) is 27.5 Å². The van der Waals surface area contributed by atoms with E-state index in [0.29, 0.717) is 29.8 Å². The van der Waals surface area contributed by atoms with Crippen LogP contribution in [0.3, 0.4) is 0 Å². The standard InChI is InChI=1S/C13H15BrClNO2/c1-18-5-4-16(12-2-3-12)13(17)9-6-10(14)8-11(15)7-9/h6-8,12H,2-5H2,1H3. The molecule has 0 N–H and O–H groups in total. The van der Waals surface area contributed by atoms with E-state index in [1.54, 1.807) is 25.3 Å². The van der Waals surface area contributed by atoms with Crippen molar-refractivity contribution in [3.8, 4) is 0 Å². The molecule has 3 nitrogen and oxygen atoms in total. The van der Waals surface area contributed by atoms with E-state index in [9.17, 15) is 4.79 Å². The molecule has 1 amide bonds. The fourth-order valence-corrected chi connectivity index (χ4v) is 2.73. The molecule has 2 rings (SSSR count). The highest BCUT2D eigenvalue weighted by Gasteiger charge is 2.32. The lowest BCUT2D eigenvalue weighted by Crippen LogP contribution is -2.35. The van der Waals surface area contributed by atoms with Crippen molar-refractivity contribution < 1.29 is 9.53 Å². The van der Waals surface area contributed by atoms with Crippen molar-refractivity contribution in [1.82, 2.24) is 4.90 Å². The average molecular weight is 333 g/mol. The van der Waals surface area contributed by atoms with E-state index in [2.05, 4.69) is 15.9 Å². The van der Waals surface area contributed by atoms with E-state index in [4.69, 9.17) is 16.3 Å². The van der Waals surface area contributed by atoms with E-state index >= 15 is 0 Å². The lowest BCUT2D eigenvalue weighted by molar-refractivity contribution is 0.0680. The molecule has 1 aliphatic carbocycles. The third-order valence-corrected chi connectivity index (χ3v) is 3.57. The molecule has 0 aromatic heterocycles. The molecular weight excluding hydrogens is 318 g/mol. The second-order valence-electron chi connectivity index (χ2n) is 4.38. The van der Waals surface area contributed by atoms with Crippen molar-refractivity contribution in [3.63, 3.8) is 0 Å². The number of amides is 1. The van der Waals surface area contributed by atoms with Gasteiger partial charge in [0.05, 0.1) is 6.61 Å². The summed E-state index contributed by atoms with van der Waals surface area (Å²) >= 11 is 9.33. The first-order valence-corrected chi connectivity index (χ1v) is 7.05. The Morgan fingerprint density at radius 2 is 2.22 bits per heavy atom. The molecule has 0 bridgehead atoms. The second kappa shape index (κ2) is 6.04. The van der Waals surface area contributed by atoms with Crippen molar-refractivity contribution in [2.45, 2.75) is 18.9 Å². The second-order valence-corrected chi connectivity index (χ2v) is 5.73. The molecule has 5 heteroatoms. The van der Waals surface area contributed by atoms with Gasteiger partial charge in [0.15, 0.2) is 0 Å². The van der Waals surface area contributed by atoms with Gasteiger partial charge in [0.25, 0.3) is 5.91 Å². The van der Waals surface area contributed by atoms with Gasteiger partial charge in [-0.3, -0.25) is 4.79 Å². The third kappa shape index (κ3) is 3.46. The number of hydrogen-bond donors (Lipinski definition) is 0. The van der Waals surface area contributed by atoms with Crippen LogP contribution in [0.5, 0.6) is 0 Å². The Morgan fingerprint density at radius 3 is 2.78 bits per heavy atom. The highest BCUT2D eigenvalue weighted by Crippen LogP contribution is 2.29. The smallest absolute Gasteiger partial charge is 0.254 e. The Morgan fingerprint density at radius 1 is 1.50 bits per heavy atom. The third-order valence-electron chi connectivity index (χ3n) is 2.89. The van der Waals surface area contributed by atoms with Crippen LogP contribution in [0, 0.1) is 0 Å². The lowest BCUT2D eigenvalue weighted by atomic mass is 10.2. The zero-order valence-electron chi connectivity index (χ0n) is 10.2. The largest absolute Gasteiger partial charge is 0.383 e. The van der Waals surface area contributed by atoms with Gasteiger partial charge in [-0.25, -0.2) is 0 Å². The number of rotatable bonds is 5. The molecule has 18 heavy (non-hydrogen) atoms. The van der Waals surface area contributed by atoms with Gasteiger partial charge in [0.1, 0.15) is 0 Å². The maximum atomic E-state index is 12.4. The maximum absolute atomic E-state index is 12.4. The van der Waals surface area contributed by atoms with Crippen LogP contribution in [0.25, 0.3) is 0 Å². The topological polar surface area (TPSA) is 29.5 Å². The molecular formula is C13H15BrClNO2. The molecule has 1 aromatic rings. The number of nitrogens with zero attached hydrogens (tertiary/aromatic N) is 1. The number of carbonyl (C=O) groups excluding carboxylic acids is 1. The zero-order valence-corrected chi connectivity index (χ0v) is 12.5. The summed E-state index contributed by atoms with van der Waals surface area (Å²) < 4.78 is 5.87. The highest BCUT2D eigenvalue weighted by molar-refractivity contribution is 9.10. The molecule has 0 atom stereocenters. The first kappa shape index (κ1) is 13.8. The Labute approximate surface area is 120 Å². The van der Waals surface area contributed by atoms with Crippen LogP contribution in [0.15, 0.2) is 22.7 Å². The minimum absolute atomic E-state index is 0.0257. The van der Waals surface area contributed by atoms with Crippen molar-refractivity contribution in [1.29, 1.82) is 0 Å². The van der Waals surface area contributed by atoms with Crippen LogP contribution in [-0.2, 0) is 4.74 Å². The van der Waals surface area contributed by atoms with E-state index in [1.807, 2.05) is 4.90 Å². The van der Waals surface area contributed by atoms with Gasteiger partial charge in [-0.2, -0.15) is 0 Å². The Balaban J connectivity index is 2.16. The average Bonchev–Trinajstić information content (AvgIpc) is 3.12. The summed E-state index contributed by atoms with van der Waals surface area (Å²) in [5.41, 5.74) is 0.623. The Hall–Kier alpha value is -0.580. The van der Waals surface area contributed by atoms with Crippen LogP contribution in [-0.4, -0.2) is 37.1 Å². The molecule has 0 saturated heterocycles. The molecule has 0 radical (unpaired) electrons. The van der Waals surface area contributed by atoms with E-state index in [0.717, 1.165) is 17.3 Å². The van der Waals surface area contributed by atoms with Gasteiger partial charge in [-0.15, -0.1) is 0 Å². The fourth-order valence-electron chi connectivity index (χ4n) is 1.87. The van der Waals surface area contributed by atoms with Crippen LogP contribution < -0.4 is 0 Å². The van der Waals surface area contributed by atoms with Gasteiger partial charge in [0, 0.05) is 34.8 Å². The van der Waals surface area contributed by atoms with Gasteiger partial charge >= 0.3 is 0 Å². The Kier molecular flexibility index (Phi) is 4.65. The highest BCUT2D eigenvalue weighted by atomic mass is 79.9. The number of carbonyl (C=O) groups is 1. The summed E-state index contributed by atoms with van der Waals surface area (Å²) in [7, 11) is 1.64. The van der Waals surface area contributed by atoms with Gasteiger partial charge < -0.3 is 9.64 Å². The Bertz CT molecular complexity index is 428. The first-order valence-electron chi connectivity index (χ1n) is 5.88. The SMILES string of the molecule is COCCN(C(=O)c1cc(Cl)cc(Br)c1)C1CC1. The molecule has 0 aliphatic heterocycles. The summed E-state index contributed by atoms with van der Waals surface area (Å²) in [5, 5.41) is 0.565. The minimum Gasteiger partial charge on any atom is -0.383 e. The number of ether oxygens (including phenoxy) is 1. The van der Waals surface area contributed by atoms with Crippen molar-refractivity contribution in [3.05, 3.63) is 33.3 Å². The van der Waals surface area contributed by atoms with Gasteiger partial charge in [-0.05, 0) is 31.0 Å². The number of methoxy groups -OCH3 is 1. The predicted molar refractivity (Wildman–Crippen MR) is 75.1 cm³/mol. The van der Waals surface area contributed by atoms with Gasteiger partial charge in [0.2, 0.25) is 0 Å². The monoisotopic (exact) mass is 331 g/mol. The lowest BCUT2D eigenvalue weighted by Gasteiger charge is -2.22. The van der Waals surface area contributed by atoms with Crippen molar-refractivity contribution in [2.75, 3.05) is 20.3 Å².